The van der Waals surface area contributed by atoms with Crippen LogP contribution in [-0.4, -0.2) is 56.0 Å². The summed E-state index contributed by atoms with van der Waals surface area (Å²) in [5, 5.41) is 0. The zero-order valence-electron chi connectivity index (χ0n) is 16.8. The number of carbonyl (C=O) groups excluding carboxylic acids is 1. The Kier molecular flexibility index (Phi) is 7.31. The smallest absolute Gasteiger partial charge is 0.246 e. The number of carbonyl (C=O) groups is 1. The molecule has 28 heavy (non-hydrogen) atoms. The minimum Gasteiger partial charge on any atom is -0.497 e. The average Bonchev–Trinajstić information content (AvgIpc) is 3.25. The fourth-order valence-electron chi connectivity index (χ4n) is 3.62. The van der Waals surface area contributed by atoms with Crippen LogP contribution in [0.3, 0.4) is 0 Å². The number of nitrogens with zero attached hydrogens (tertiary/aromatic N) is 2. The summed E-state index contributed by atoms with van der Waals surface area (Å²) in [4.78, 5) is 16.6. The maximum atomic E-state index is 12.3. The largest absolute Gasteiger partial charge is 0.497 e. The van der Waals surface area contributed by atoms with E-state index in [-0.39, 0.29) is 5.91 Å². The Bertz CT molecular complexity index is 745. The lowest BCUT2D eigenvalue weighted by atomic mass is 9.96. The van der Waals surface area contributed by atoms with Crippen molar-refractivity contribution >= 4 is 12.0 Å². The van der Waals surface area contributed by atoms with Crippen LogP contribution in [0, 0.1) is 5.92 Å². The van der Waals surface area contributed by atoms with Gasteiger partial charge in [-0.1, -0.05) is 12.1 Å². The molecule has 3 rings (SSSR count). The molecule has 1 saturated heterocycles. The lowest BCUT2D eigenvalue weighted by Crippen LogP contribution is -2.39. The summed E-state index contributed by atoms with van der Waals surface area (Å²) in [5.74, 6) is 2.20. The highest BCUT2D eigenvalue weighted by molar-refractivity contribution is 5.91. The Hall–Kier alpha value is -2.53. The number of benzene rings is 1. The van der Waals surface area contributed by atoms with E-state index in [0.29, 0.717) is 11.7 Å². The zero-order chi connectivity index (χ0) is 19.8. The number of likely N-dealkylation sites (tertiary alicyclic amines) is 1. The molecule has 0 unspecified atom stereocenters. The van der Waals surface area contributed by atoms with Crippen molar-refractivity contribution in [2.75, 3.05) is 40.3 Å². The molecule has 1 aromatic heterocycles. The van der Waals surface area contributed by atoms with Gasteiger partial charge in [0.15, 0.2) is 0 Å². The van der Waals surface area contributed by atoms with Crippen molar-refractivity contribution in [2.24, 2.45) is 5.92 Å². The van der Waals surface area contributed by atoms with Crippen LogP contribution < -0.4 is 4.74 Å². The molecule has 5 heteroatoms. The minimum atomic E-state index is 0.0262. The van der Waals surface area contributed by atoms with E-state index in [0.717, 1.165) is 51.2 Å². The Balaban J connectivity index is 1.36. The second-order valence-corrected chi connectivity index (χ2v) is 7.45. The van der Waals surface area contributed by atoms with E-state index in [1.807, 2.05) is 36.2 Å². The van der Waals surface area contributed by atoms with E-state index in [9.17, 15) is 4.79 Å². The molecule has 2 aromatic rings. The van der Waals surface area contributed by atoms with Crippen molar-refractivity contribution in [1.82, 2.24) is 9.80 Å². The van der Waals surface area contributed by atoms with Crippen LogP contribution in [0.4, 0.5) is 0 Å². The molecular weight excluding hydrogens is 352 g/mol. The molecule has 1 aliphatic rings. The number of amides is 1. The summed E-state index contributed by atoms with van der Waals surface area (Å²) in [7, 11) is 3.57. The summed E-state index contributed by atoms with van der Waals surface area (Å²) in [6, 6.07) is 12.0. The standard InChI is InChI=1S/C23H30N2O3/c1-24(23(26)10-9-22-4-3-17-28-22)18-20-12-15-25(16-13-20)14-11-19-5-7-21(27-2)8-6-19/h3-10,17,20H,11-16,18H2,1-2H3/b10-9+. The summed E-state index contributed by atoms with van der Waals surface area (Å²) < 4.78 is 10.4. The molecule has 5 nitrogen and oxygen atoms in total. The monoisotopic (exact) mass is 382 g/mol. The van der Waals surface area contributed by atoms with Gasteiger partial charge in [-0.2, -0.15) is 0 Å². The lowest BCUT2D eigenvalue weighted by molar-refractivity contribution is -0.125. The summed E-state index contributed by atoms with van der Waals surface area (Å²) >= 11 is 0. The van der Waals surface area contributed by atoms with E-state index < -0.39 is 0 Å². The van der Waals surface area contributed by atoms with Gasteiger partial charge in [0.05, 0.1) is 13.4 Å². The topological polar surface area (TPSA) is 45.9 Å². The van der Waals surface area contributed by atoms with Crippen molar-refractivity contribution in [3.05, 3.63) is 60.1 Å². The van der Waals surface area contributed by atoms with Crippen LogP contribution >= 0.6 is 0 Å². The third kappa shape index (κ3) is 5.99. The Morgan fingerprint density at radius 2 is 2.00 bits per heavy atom. The van der Waals surface area contributed by atoms with E-state index in [4.69, 9.17) is 9.15 Å². The molecule has 1 aromatic carbocycles. The molecule has 2 heterocycles. The van der Waals surface area contributed by atoms with Gasteiger partial charge in [-0.15, -0.1) is 0 Å². The first-order valence-electron chi connectivity index (χ1n) is 9.96. The number of hydrogen-bond donors (Lipinski definition) is 0. The molecule has 0 spiro atoms. The maximum Gasteiger partial charge on any atom is 0.246 e. The molecule has 150 valence electrons. The van der Waals surface area contributed by atoms with Crippen molar-refractivity contribution in [2.45, 2.75) is 19.3 Å². The first-order valence-corrected chi connectivity index (χ1v) is 9.96. The number of hydrogen-bond acceptors (Lipinski definition) is 4. The van der Waals surface area contributed by atoms with Crippen LogP contribution in [0.2, 0.25) is 0 Å². The molecule has 0 atom stereocenters. The second-order valence-electron chi connectivity index (χ2n) is 7.45. The second kappa shape index (κ2) is 10.1. The predicted octanol–water partition coefficient (Wildman–Crippen LogP) is 3.71. The number of rotatable bonds is 8. The number of piperidine rings is 1. The van der Waals surface area contributed by atoms with Crippen LogP contribution in [-0.2, 0) is 11.2 Å². The summed E-state index contributed by atoms with van der Waals surface area (Å²) in [5.41, 5.74) is 1.34. The molecular formula is C23H30N2O3. The Labute approximate surface area is 167 Å². The number of furan rings is 1. The van der Waals surface area contributed by atoms with E-state index in [2.05, 4.69) is 17.0 Å². The zero-order valence-corrected chi connectivity index (χ0v) is 16.8. The molecule has 1 aliphatic heterocycles. The lowest BCUT2D eigenvalue weighted by Gasteiger charge is -2.33. The average molecular weight is 383 g/mol. The van der Waals surface area contributed by atoms with Gasteiger partial charge in [0.25, 0.3) is 0 Å². The third-order valence-electron chi connectivity index (χ3n) is 5.42. The molecule has 0 saturated carbocycles. The van der Waals surface area contributed by atoms with Gasteiger partial charge >= 0.3 is 0 Å². The third-order valence-corrected chi connectivity index (χ3v) is 5.42. The Morgan fingerprint density at radius 3 is 2.64 bits per heavy atom. The van der Waals surface area contributed by atoms with E-state index in [1.54, 1.807) is 25.5 Å². The van der Waals surface area contributed by atoms with E-state index in [1.165, 1.54) is 5.56 Å². The number of likely N-dealkylation sites (N-methyl/N-ethyl adjacent to an activating group) is 1. The van der Waals surface area contributed by atoms with Gasteiger partial charge in [0.1, 0.15) is 11.5 Å². The van der Waals surface area contributed by atoms with Gasteiger partial charge in [0.2, 0.25) is 5.91 Å². The molecule has 0 N–H and O–H groups in total. The molecule has 0 radical (unpaired) electrons. The summed E-state index contributed by atoms with van der Waals surface area (Å²) in [6.45, 7) is 4.10. The number of ether oxygens (including phenoxy) is 1. The van der Waals surface area contributed by atoms with E-state index >= 15 is 0 Å². The fraction of sp³-hybridized carbons (Fsp3) is 0.435. The summed E-state index contributed by atoms with van der Waals surface area (Å²) in [6.07, 6.45) is 8.26. The van der Waals surface area contributed by atoms with Crippen molar-refractivity contribution in [3.63, 3.8) is 0 Å². The van der Waals surface area contributed by atoms with Crippen molar-refractivity contribution in [1.29, 1.82) is 0 Å². The predicted molar refractivity (Wildman–Crippen MR) is 111 cm³/mol. The van der Waals surface area contributed by atoms with Gasteiger partial charge in [-0.05, 0) is 74.2 Å². The van der Waals surface area contributed by atoms with Gasteiger partial charge < -0.3 is 19.0 Å². The first-order chi connectivity index (χ1) is 13.6. The van der Waals surface area contributed by atoms with Crippen LogP contribution in [0.1, 0.15) is 24.2 Å². The normalized spacial score (nSPS) is 15.8. The van der Waals surface area contributed by atoms with Crippen LogP contribution in [0.5, 0.6) is 5.75 Å². The maximum absolute atomic E-state index is 12.3. The van der Waals surface area contributed by atoms with Crippen LogP contribution in [0.25, 0.3) is 6.08 Å². The Morgan fingerprint density at radius 1 is 1.25 bits per heavy atom. The first kappa shape index (κ1) is 20.2. The highest BCUT2D eigenvalue weighted by Gasteiger charge is 2.21. The highest BCUT2D eigenvalue weighted by atomic mass is 16.5. The SMILES string of the molecule is COc1ccc(CCN2CCC(CN(C)C(=O)/C=C/c3ccco3)CC2)cc1. The molecule has 1 fully saturated rings. The van der Waals surface area contributed by atoms with Gasteiger partial charge in [-0.25, -0.2) is 0 Å². The van der Waals surface area contributed by atoms with Gasteiger partial charge in [0, 0.05) is 26.2 Å². The van der Waals surface area contributed by atoms with Crippen LogP contribution in [0.15, 0.2) is 53.2 Å². The van der Waals surface area contributed by atoms with Crippen molar-refractivity contribution in [3.8, 4) is 5.75 Å². The van der Waals surface area contributed by atoms with Gasteiger partial charge in [-0.3, -0.25) is 4.79 Å². The minimum absolute atomic E-state index is 0.0262. The molecule has 0 aliphatic carbocycles. The highest BCUT2D eigenvalue weighted by Crippen LogP contribution is 2.19. The van der Waals surface area contributed by atoms with Crippen molar-refractivity contribution < 1.29 is 13.9 Å². The number of methoxy groups -OCH3 is 1. The quantitative estimate of drug-likeness (QED) is 0.653. The molecule has 0 bridgehead atoms. The molecule has 1 amide bonds. The fourth-order valence-corrected chi connectivity index (χ4v) is 3.62.